The number of nitriles is 1. The average Bonchev–Trinajstić information content (AvgIpc) is 2.65. The summed E-state index contributed by atoms with van der Waals surface area (Å²) in [5.74, 6) is 0.151. The van der Waals surface area contributed by atoms with E-state index < -0.39 is 11.5 Å². The lowest BCUT2D eigenvalue weighted by molar-refractivity contribution is -0.145. The number of nitrogens with one attached hydrogen (secondary N) is 1. The van der Waals surface area contributed by atoms with Crippen molar-refractivity contribution >= 4 is 17.7 Å². The number of methoxy groups -OCH3 is 1. The maximum absolute atomic E-state index is 12.1. The van der Waals surface area contributed by atoms with Gasteiger partial charge in [-0.1, -0.05) is 11.8 Å². The molecule has 0 saturated carbocycles. The molecule has 1 heterocycles. The van der Waals surface area contributed by atoms with E-state index >= 15 is 0 Å². The van der Waals surface area contributed by atoms with E-state index in [0.717, 1.165) is 0 Å². The zero-order valence-corrected chi connectivity index (χ0v) is 15.3. The average molecular weight is 375 g/mol. The van der Waals surface area contributed by atoms with Crippen LogP contribution in [0.5, 0.6) is 11.5 Å². The van der Waals surface area contributed by atoms with Crippen molar-refractivity contribution in [2.45, 2.75) is 12.1 Å². The van der Waals surface area contributed by atoms with Crippen molar-refractivity contribution < 1.29 is 19.0 Å². The van der Waals surface area contributed by atoms with E-state index in [2.05, 4.69) is 9.97 Å². The molecule has 2 aromatic rings. The molecule has 1 N–H and O–H groups in total. The smallest absolute Gasteiger partial charge is 0.344 e. The van der Waals surface area contributed by atoms with E-state index in [9.17, 15) is 14.9 Å². The highest BCUT2D eigenvalue weighted by atomic mass is 32.2. The summed E-state index contributed by atoms with van der Waals surface area (Å²) in [6.45, 7) is 1.65. The Morgan fingerprint density at radius 2 is 2.15 bits per heavy atom. The Kier molecular flexibility index (Phi) is 6.63. The third kappa shape index (κ3) is 4.34. The van der Waals surface area contributed by atoms with Crippen molar-refractivity contribution in [3.05, 3.63) is 34.1 Å². The minimum absolute atomic E-state index is 0.107. The van der Waals surface area contributed by atoms with E-state index in [1.807, 2.05) is 6.07 Å². The van der Waals surface area contributed by atoms with Gasteiger partial charge in [-0.15, -0.1) is 0 Å². The first-order valence-corrected chi connectivity index (χ1v) is 8.81. The molecular formula is C17H17N3O5S. The maximum atomic E-state index is 12.1. The molecule has 1 aromatic carbocycles. The minimum atomic E-state index is -0.522. The monoisotopic (exact) mass is 375 g/mol. The Morgan fingerprint density at radius 1 is 1.38 bits per heavy atom. The first-order chi connectivity index (χ1) is 12.5. The van der Waals surface area contributed by atoms with Crippen LogP contribution in [0.25, 0.3) is 11.3 Å². The van der Waals surface area contributed by atoms with E-state index in [1.165, 1.54) is 18.9 Å². The van der Waals surface area contributed by atoms with Crippen LogP contribution < -0.4 is 15.0 Å². The molecule has 0 aliphatic rings. The fraction of sp³-hybridized carbons (Fsp3) is 0.294. The molecule has 8 nitrogen and oxygen atoms in total. The standard InChI is InChI=1S/C17H17N3O5S/c1-4-24-14(21)9-25-13-7-10(5-6-12(13)23-2)15-11(8-18)16(22)20-17(19-15)26-3/h5-7H,4,9H2,1-3H3,(H,19,20,22). The topological polar surface area (TPSA) is 114 Å². The van der Waals surface area contributed by atoms with Crippen molar-refractivity contribution in [2.75, 3.05) is 26.6 Å². The Hall–Kier alpha value is -2.99. The van der Waals surface area contributed by atoms with Crippen LogP contribution in [0.3, 0.4) is 0 Å². The molecule has 0 radical (unpaired) electrons. The van der Waals surface area contributed by atoms with Crippen molar-refractivity contribution in [1.29, 1.82) is 5.26 Å². The number of ether oxygens (including phenoxy) is 3. The van der Waals surface area contributed by atoms with Crippen LogP contribution >= 0.6 is 11.8 Å². The molecule has 2 rings (SSSR count). The fourth-order valence-electron chi connectivity index (χ4n) is 2.14. The summed E-state index contributed by atoms with van der Waals surface area (Å²) >= 11 is 1.25. The molecule has 0 spiro atoms. The highest BCUT2D eigenvalue weighted by Gasteiger charge is 2.16. The largest absolute Gasteiger partial charge is 0.493 e. The van der Waals surface area contributed by atoms with Gasteiger partial charge in [-0.25, -0.2) is 9.78 Å². The third-order valence-corrected chi connectivity index (χ3v) is 3.87. The second-order valence-corrected chi connectivity index (χ2v) is 5.66. The van der Waals surface area contributed by atoms with E-state index in [0.29, 0.717) is 16.5 Å². The van der Waals surface area contributed by atoms with Gasteiger partial charge < -0.3 is 19.2 Å². The second-order valence-electron chi connectivity index (χ2n) is 4.87. The van der Waals surface area contributed by atoms with Gasteiger partial charge in [0.25, 0.3) is 5.56 Å². The molecule has 0 fully saturated rings. The van der Waals surface area contributed by atoms with Gasteiger partial charge in [0.1, 0.15) is 11.6 Å². The first kappa shape index (κ1) is 19.3. The van der Waals surface area contributed by atoms with Crippen LogP contribution in [0.2, 0.25) is 0 Å². The highest BCUT2D eigenvalue weighted by molar-refractivity contribution is 7.98. The molecule has 1 aromatic heterocycles. The van der Waals surface area contributed by atoms with Gasteiger partial charge in [-0.3, -0.25) is 4.79 Å². The summed E-state index contributed by atoms with van der Waals surface area (Å²) in [6.07, 6.45) is 1.76. The number of esters is 1. The molecular weight excluding hydrogens is 358 g/mol. The molecule has 136 valence electrons. The van der Waals surface area contributed by atoms with Gasteiger partial charge in [0.15, 0.2) is 23.3 Å². The SMILES string of the molecule is CCOC(=O)COc1cc(-c2nc(SC)[nH]c(=O)c2C#N)ccc1OC. The number of benzene rings is 1. The summed E-state index contributed by atoms with van der Waals surface area (Å²) in [6, 6.07) is 6.69. The second kappa shape index (κ2) is 8.92. The highest BCUT2D eigenvalue weighted by Crippen LogP contribution is 2.33. The number of rotatable bonds is 7. The normalized spacial score (nSPS) is 10.1. The number of aromatic nitrogens is 2. The molecule has 0 aliphatic heterocycles. The third-order valence-electron chi connectivity index (χ3n) is 3.29. The van der Waals surface area contributed by atoms with Crippen molar-refractivity contribution in [3.63, 3.8) is 0 Å². The van der Waals surface area contributed by atoms with E-state index in [4.69, 9.17) is 14.2 Å². The van der Waals surface area contributed by atoms with Crippen LogP contribution in [-0.4, -0.2) is 42.5 Å². The number of carbonyl (C=O) groups is 1. The lowest BCUT2D eigenvalue weighted by Crippen LogP contribution is -2.15. The number of carbonyl (C=O) groups excluding carboxylic acids is 1. The Bertz CT molecular complexity index is 904. The molecule has 0 atom stereocenters. The van der Waals surface area contributed by atoms with Crippen LogP contribution in [-0.2, 0) is 9.53 Å². The summed E-state index contributed by atoms with van der Waals surface area (Å²) in [7, 11) is 1.46. The first-order valence-electron chi connectivity index (χ1n) is 7.59. The van der Waals surface area contributed by atoms with Crippen LogP contribution in [0.4, 0.5) is 0 Å². The summed E-state index contributed by atoms with van der Waals surface area (Å²) in [5.41, 5.74) is 0.0859. The lowest BCUT2D eigenvalue weighted by atomic mass is 10.1. The number of aromatic amines is 1. The zero-order valence-electron chi connectivity index (χ0n) is 14.5. The quantitative estimate of drug-likeness (QED) is 0.444. The van der Waals surface area contributed by atoms with Gasteiger partial charge in [0.2, 0.25) is 0 Å². The maximum Gasteiger partial charge on any atom is 0.344 e. The Morgan fingerprint density at radius 3 is 2.77 bits per heavy atom. The fourth-order valence-corrected chi connectivity index (χ4v) is 2.52. The lowest BCUT2D eigenvalue weighted by Gasteiger charge is -2.12. The minimum Gasteiger partial charge on any atom is -0.493 e. The predicted molar refractivity (Wildman–Crippen MR) is 95.5 cm³/mol. The van der Waals surface area contributed by atoms with Gasteiger partial charge in [0, 0.05) is 5.56 Å². The Balaban J connectivity index is 2.47. The number of nitrogens with zero attached hydrogens (tertiary/aromatic N) is 2. The molecule has 0 unspecified atom stereocenters. The predicted octanol–water partition coefficient (Wildman–Crippen LogP) is 1.98. The van der Waals surface area contributed by atoms with Gasteiger partial charge in [0.05, 0.1) is 19.4 Å². The van der Waals surface area contributed by atoms with E-state index in [1.54, 1.807) is 31.4 Å². The summed E-state index contributed by atoms with van der Waals surface area (Å²) in [5, 5.41) is 9.68. The molecule has 9 heteroatoms. The summed E-state index contributed by atoms with van der Waals surface area (Å²) in [4.78, 5) is 30.4. The van der Waals surface area contributed by atoms with Crippen LogP contribution in [0, 0.1) is 11.3 Å². The van der Waals surface area contributed by atoms with Crippen LogP contribution in [0.1, 0.15) is 12.5 Å². The number of H-pyrrole nitrogens is 1. The number of hydrogen-bond acceptors (Lipinski definition) is 8. The van der Waals surface area contributed by atoms with Crippen LogP contribution in [0.15, 0.2) is 28.2 Å². The summed E-state index contributed by atoms with van der Waals surface area (Å²) < 4.78 is 15.5. The number of thioether (sulfide) groups is 1. The van der Waals surface area contributed by atoms with Crippen molar-refractivity contribution in [1.82, 2.24) is 9.97 Å². The number of hydrogen-bond donors (Lipinski definition) is 1. The molecule has 0 amide bonds. The molecule has 26 heavy (non-hydrogen) atoms. The molecule has 0 bridgehead atoms. The van der Waals surface area contributed by atoms with Crippen molar-refractivity contribution in [2.24, 2.45) is 0 Å². The van der Waals surface area contributed by atoms with E-state index in [-0.39, 0.29) is 30.2 Å². The van der Waals surface area contributed by atoms with Gasteiger partial charge in [-0.05, 0) is 31.4 Å². The zero-order chi connectivity index (χ0) is 19.1. The molecule has 0 saturated heterocycles. The van der Waals surface area contributed by atoms with Gasteiger partial charge in [-0.2, -0.15) is 5.26 Å². The molecule has 0 aliphatic carbocycles. The van der Waals surface area contributed by atoms with Gasteiger partial charge >= 0.3 is 5.97 Å². The van der Waals surface area contributed by atoms with Crippen molar-refractivity contribution in [3.8, 4) is 28.8 Å². The Labute approximate surface area is 154 Å².